The van der Waals surface area contributed by atoms with E-state index in [4.69, 9.17) is 10.00 Å². The molecule has 1 unspecified atom stereocenters. The van der Waals surface area contributed by atoms with E-state index in [1.165, 1.54) is 19.3 Å². The fraction of sp³-hybridized carbons (Fsp3) is 0.588. The third kappa shape index (κ3) is 5.63. The average Bonchev–Trinajstić information content (AvgIpc) is 2.44. The SMILES string of the molecule is COc1cc(CNC(C)CCCC(C)C)ccc1C#N. The van der Waals surface area contributed by atoms with E-state index in [1.807, 2.05) is 18.2 Å². The van der Waals surface area contributed by atoms with Gasteiger partial charge in [0.25, 0.3) is 0 Å². The highest BCUT2D eigenvalue weighted by Crippen LogP contribution is 2.19. The topological polar surface area (TPSA) is 45.0 Å². The Bertz CT molecular complexity index is 449. The molecule has 0 aliphatic heterocycles. The maximum atomic E-state index is 8.95. The molecule has 1 aromatic carbocycles. The molecule has 0 aliphatic rings. The van der Waals surface area contributed by atoms with Gasteiger partial charge in [0.05, 0.1) is 12.7 Å². The molecule has 0 saturated carbocycles. The van der Waals surface area contributed by atoms with Gasteiger partial charge in [-0.25, -0.2) is 0 Å². The van der Waals surface area contributed by atoms with Crippen LogP contribution in [0.25, 0.3) is 0 Å². The summed E-state index contributed by atoms with van der Waals surface area (Å²) in [5.74, 6) is 1.43. The lowest BCUT2D eigenvalue weighted by atomic mass is 10.0. The Morgan fingerprint density at radius 3 is 2.60 bits per heavy atom. The fourth-order valence-electron chi connectivity index (χ4n) is 2.16. The van der Waals surface area contributed by atoms with Crippen LogP contribution < -0.4 is 10.1 Å². The Hall–Kier alpha value is -1.53. The fourth-order valence-corrected chi connectivity index (χ4v) is 2.16. The number of hydrogen-bond acceptors (Lipinski definition) is 3. The molecule has 0 bridgehead atoms. The standard InChI is InChI=1S/C17H26N2O/c1-13(2)6-5-7-14(3)19-12-15-8-9-16(11-18)17(10-15)20-4/h8-10,13-14,19H,5-7,12H2,1-4H3. The van der Waals surface area contributed by atoms with Crippen LogP contribution in [0.1, 0.15) is 51.2 Å². The summed E-state index contributed by atoms with van der Waals surface area (Å²) in [4.78, 5) is 0. The van der Waals surface area contributed by atoms with E-state index in [1.54, 1.807) is 7.11 Å². The van der Waals surface area contributed by atoms with Crippen LogP contribution in [0, 0.1) is 17.2 Å². The normalized spacial score (nSPS) is 12.2. The highest BCUT2D eigenvalue weighted by atomic mass is 16.5. The average molecular weight is 274 g/mol. The molecule has 1 atom stereocenters. The third-order valence-corrected chi connectivity index (χ3v) is 3.46. The lowest BCUT2D eigenvalue weighted by Crippen LogP contribution is -2.25. The minimum atomic E-state index is 0.510. The molecule has 1 N–H and O–H groups in total. The maximum Gasteiger partial charge on any atom is 0.136 e. The number of nitriles is 1. The molecule has 0 spiro atoms. The molecular weight excluding hydrogens is 248 g/mol. The molecule has 1 aromatic rings. The first-order valence-corrected chi connectivity index (χ1v) is 7.37. The van der Waals surface area contributed by atoms with E-state index in [0.717, 1.165) is 18.0 Å². The monoisotopic (exact) mass is 274 g/mol. The molecule has 0 amide bonds. The number of hydrogen-bond donors (Lipinski definition) is 1. The van der Waals surface area contributed by atoms with Gasteiger partial charge in [0.2, 0.25) is 0 Å². The van der Waals surface area contributed by atoms with Crippen molar-refractivity contribution in [3.8, 4) is 11.8 Å². The van der Waals surface area contributed by atoms with Crippen molar-refractivity contribution in [2.75, 3.05) is 7.11 Å². The number of ether oxygens (including phenoxy) is 1. The maximum absolute atomic E-state index is 8.95. The van der Waals surface area contributed by atoms with Crippen molar-refractivity contribution in [3.63, 3.8) is 0 Å². The molecule has 1 rings (SSSR count). The van der Waals surface area contributed by atoms with Crippen LogP contribution in [0.2, 0.25) is 0 Å². The van der Waals surface area contributed by atoms with E-state index in [9.17, 15) is 0 Å². The summed E-state index contributed by atoms with van der Waals surface area (Å²) in [6, 6.07) is 8.38. The van der Waals surface area contributed by atoms with Gasteiger partial charge in [0.15, 0.2) is 0 Å². The lowest BCUT2D eigenvalue weighted by molar-refractivity contribution is 0.412. The number of methoxy groups -OCH3 is 1. The van der Waals surface area contributed by atoms with Crippen molar-refractivity contribution in [2.24, 2.45) is 5.92 Å². The minimum absolute atomic E-state index is 0.510. The molecular formula is C17H26N2O. The summed E-state index contributed by atoms with van der Waals surface area (Å²) in [7, 11) is 1.60. The number of benzene rings is 1. The van der Waals surface area contributed by atoms with Gasteiger partial charge in [-0.3, -0.25) is 0 Å². The largest absolute Gasteiger partial charge is 0.495 e. The predicted octanol–water partition coefficient (Wildman–Crippen LogP) is 3.87. The predicted molar refractivity (Wildman–Crippen MR) is 82.7 cm³/mol. The molecule has 0 fully saturated rings. The number of rotatable bonds is 8. The highest BCUT2D eigenvalue weighted by molar-refractivity contribution is 5.45. The van der Waals surface area contributed by atoms with Crippen molar-refractivity contribution in [3.05, 3.63) is 29.3 Å². The molecule has 0 radical (unpaired) electrons. The summed E-state index contributed by atoms with van der Waals surface area (Å²) in [5, 5.41) is 12.5. The van der Waals surface area contributed by atoms with Crippen molar-refractivity contribution in [1.82, 2.24) is 5.32 Å². The number of nitrogens with one attached hydrogen (secondary N) is 1. The highest BCUT2D eigenvalue weighted by Gasteiger charge is 2.06. The van der Waals surface area contributed by atoms with Crippen LogP contribution in [0.5, 0.6) is 5.75 Å². The van der Waals surface area contributed by atoms with Crippen LogP contribution in [-0.4, -0.2) is 13.2 Å². The van der Waals surface area contributed by atoms with Gasteiger partial charge < -0.3 is 10.1 Å². The van der Waals surface area contributed by atoms with Gasteiger partial charge >= 0.3 is 0 Å². The molecule has 3 heteroatoms. The second-order valence-electron chi connectivity index (χ2n) is 5.75. The third-order valence-electron chi connectivity index (χ3n) is 3.46. The minimum Gasteiger partial charge on any atom is -0.495 e. The van der Waals surface area contributed by atoms with Crippen molar-refractivity contribution in [2.45, 2.75) is 52.6 Å². The first-order chi connectivity index (χ1) is 9.56. The van der Waals surface area contributed by atoms with Gasteiger partial charge in [-0.2, -0.15) is 5.26 Å². The lowest BCUT2D eigenvalue weighted by Gasteiger charge is -2.15. The molecule has 3 nitrogen and oxygen atoms in total. The van der Waals surface area contributed by atoms with Crippen LogP contribution >= 0.6 is 0 Å². The Labute approximate surface area is 123 Å². The Kier molecular flexibility index (Phi) is 7.11. The Balaban J connectivity index is 2.43. The quantitative estimate of drug-likeness (QED) is 0.782. The molecule has 0 saturated heterocycles. The molecule has 0 aromatic heterocycles. The summed E-state index contributed by atoms with van der Waals surface area (Å²) in [5.41, 5.74) is 1.73. The Morgan fingerprint density at radius 1 is 1.25 bits per heavy atom. The van der Waals surface area contributed by atoms with Crippen LogP contribution in [0.4, 0.5) is 0 Å². The summed E-state index contributed by atoms with van der Waals surface area (Å²) >= 11 is 0. The second-order valence-corrected chi connectivity index (χ2v) is 5.75. The van der Waals surface area contributed by atoms with E-state index >= 15 is 0 Å². The van der Waals surface area contributed by atoms with Gasteiger partial charge in [0.1, 0.15) is 11.8 Å². The summed E-state index contributed by atoms with van der Waals surface area (Å²) < 4.78 is 5.22. The molecule has 0 aliphatic carbocycles. The number of nitrogens with zero attached hydrogens (tertiary/aromatic N) is 1. The van der Waals surface area contributed by atoms with E-state index in [-0.39, 0.29) is 0 Å². The van der Waals surface area contributed by atoms with Crippen molar-refractivity contribution in [1.29, 1.82) is 5.26 Å². The van der Waals surface area contributed by atoms with Crippen molar-refractivity contribution >= 4 is 0 Å². The zero-order valence-electron chi connectivity index (χ0n) is 13.1. The smallest absolute Gasteiger partial charge is 0.136 e. The zero-order chi connectivity index (χ0) is 15.0. The van der Waals surface area contributed by atoms with E-state index in [2.05, 4.69) is 32.2 Å². The van der Waals surface area contributed by atoms with Gasteiger partial charge in [-0.1, -0.05) is 32.8 Å². The van der Waals surface area contributed by atoms with Gasteiger partial charge in [-0.05, 0) is 37.0 Å². The van der Waals surface area contributed by atoms with Crippen LogP contribution in [0.15, 0.2) is 18.2 Å². The van der Waals surface area contributed by atoms with Gasteiger partial charge in [0, 0.05) is 12.6 Å². The van der Waals surface area contributed by atoms with Gasteiger partial charge in [-0.15, -0.1) is 0 Å². The molecule has 110 valence electrons. The summed E-state index contributed by atoms with van der Waals surface area (Å²) in [6.45, 7) is 7.56. The van der Waals surface area contributed by atoms with E-state index in [0.29, 0.717) is 17.4 Å². The first kappa shape index (κ1) is 16.5. The molecule has 20 heavy (non-hydrogen) atoms. The second kappa shape index (κ2) is 8.60. The zero-order valence-corrected chi connectivity index (χ0v) is 13.1. The van der Waals surface area contributed by atoms with Crippen LogP contribution in [-0.2, 0) is 6.54 Å². The van der Waals surface area contributed by atoms with E-state index < -0.39 is 0 Å². The summed E-state index contributed by atoms with van der Waals surface area (Å²) in [6.07, 6.45) is 3.75. The van der Waals surface area contributed by atoms with Crippen molar-refractivity contribution < 1.29 is 4.74 Å². The first-order valence-electron chi connectivity index (χ1n) is 7.37. The Morgan fingerprint density at radius 2 is 2.00 bits per heavy atom. The van der Waals surface area contributed by atoms with Crippen LogP contribution in [0.3, 0.4) is 0 Å². The molecule has 0 heterocycles.